The first-order valence-corrected chi connectivity index (χ1v) is 9.39. The zero-order valence-electron chi connectivity index (χ0n) is 14.0. The highest BCUT2D eigenvalue weighted by molar-refractivity contribution is 7.16. The van der Waals surface area contributed by atoms with E-state index in [2.05, 4.69) is 11.8 Å². The number of nitrogens with zero attached hydrogens (tertiary/aromatic N) is 1. The van der Waals surface area contributed by atoms with Crippen molar-refractivity contribution in [1.29, 1.82) is 0 Å². The minimum absolute atomic E-state index is 0.0271. The summed E-state index contributed by atoms with van der Waals surface area (Å²) in [5, 5.41) is 2.06. The number of anilines is 1. The van der Waals surface area contributed by atoms with Crippen LogP contribution in [0.15, 0.2) is 53.3 Å². The van der Waals surface area contributed by atoms with E-state index in [4.69, 9.17) is 27.9 Å². The van der Waals surface area contributed by atoms with E-state index in [9.17, 15) is 4.79 Å². The molecule has 0 amide bonds. The zero-order valence-corrected chi connectivity index (χ0v) is 16.3. The number of hydrogen-bond donors (Lipinski definition) is 0. The molecule has 0 aliphatic heterocycles. The Bertz CT molecular complexity index is 1050. The second kappa shape index (κ2) is 8.46. The lowest BCUT2D eigenvalue weighted by Crippen LogP contribution is -2.18. The predicted molar refractivity (Wildman–Crippen MR) is 111 cm³/mol. The van der Waals surface area contributed by atoms with E-state index in [1.165, 1.54) is 11.3 Å². The van der Waals surface area contributed by atoms with Gasteiger partial charge in [0.1, 0.15) is 12.4 Å². The second-order valence-electron chi connectivity index (χ2n) is 5.52. The first kappa shape index (κ1) is 18.6. The highest BCUT2D eigenvalue weighted by atomic mass is 35.5. The van der Waals surface area contributed by atoms with Crippen LogP contribution >= 0.6 is 34.5 Å². The van der Waals surface area contributed by atoms with Crippen LogP contribution in [0, 0.1) is 11.8 Å². The number of hydrogen-bond acceptors (Lipinski definition) is 4. The first-order chi connectivity index (χ1) is 12.5. The van der Waals surface area contributed by atoms with Gasteiger partial charge in [0.2, 0.25) is 4.74 Å². The van der Waals surface area contributed by atoms with Crippen molar-refractivity contribution in [3.05, 3.63) is 68.1 Å². The van der Waals surface area contributed by atoms with Gasteiger partial charge in [-0.2, -0.15) is 0 Å². The molecule has 0 N–H and O–H groups in total. The Morgan fingerprint density at radius 1 is 1.12 bits per heavy atom. The molecule has 2 aromatic carbocycles. The van der Waals surface area contributed by atoms with Crippen molar-refractivity contribution in [3.8, 4) is 17.6 Å². The Balaban J connectivity index is 1.66. The number of ether oxygens (including phenoxy) is 1. The highest BCUT2D eigenvalue weighted by Crippen LogP contribution is 2.27. The first-order valence-electron chi connectivity index (χ1n) is 7.82. The van der Waals surface area contributed by atoms with E-state index in [1.54, 1.807) is 24.3 Å². The normalized spacial score (nSPS) is 10.3. The van der Waals surface area contributed by atoms with Crippen LogP contribution in [0.25, 0.3) is 10.1 Å². The Morgan fingerprint density at radius 3 is 2.73 bits per heavy atom. The van der Waals surface area contributed by atoms with Crippen molar-refractivity contribution in [2.45, 2.75) is 0 Å². The number of fused-ring (bicyclic) bond motifs is 1. The molecule has 0 saturated carbocycles. The average Bonchev–Trinajstić information content (AvgIpc) is 2.62. The van der Waals surface area contributed by atoms with Gasteiger partial charge in [-0.15, -0.1) is 0 Å². The lowest BCUT2D eigenvalue weighted by atomic mass is 10.2. The molecule has 0 spiro atoms. The fraction of sp³-hybridized carbons (Fsp3) is 0.150. The lowest BCUT2D eigenvalue weighted by molar-refractivity contribution is 0.370. The molecular formula is C20H15Cl2NO2S. The Kier molecular flexibility index (Phi) is 6.05. The maximum Gasteiger partial charge on any atom is 0.234 e. The summed E-state index contributed by atoms with van der Waals surface area (Å²) in [5.74, 6) is 6.56. The third-order valence-electron chi connectivity index (χ3n) is 3.67. The van der Waals surface area contributed by atoms with E-state index < -0.39 is 0 Å². The van der Waals surface area contributed by atoms with Gasteiger partial charge < -0.3 is 9.64 Å². The molecule has 6 heteroatoms. The van der Waals surface area contributed by atoms with Crippen LogP contribution in [0.5, 0.6) is 5.75 Å². The van der Waals surface area contributed by atoms with Crippen LogP contribution in [-0.4, -0.2) is 20.2 Å². The maximum atomic E-state index is 11.9. The van der Waals surface area contributed by atoms with Crippen LogP contribution in [0.2, 0.25) is 10.0 Å². The van der Waals surface area contributed by atoms with Crippen molar-refractivity contribution in [2.75, 3.05) is 25.1 Å². The molecule has 0 bridgehead atoms. The Morgan fingerprint density at radius 2 is 1.92 bits per heavy atom. The summed E-state index contributed by atoms with van der Waals surface area (Å²) >= 11 is 13.1. The molecule has 132 valence electrons. The Hall–Kier alpha value is -2.19. The summed E-state index contributed by atoms with van der Waals surface area (Å²) in [4.78, 5) is 13.9. The molecule has 0 atom stereocenters. The molecule has 1 heterocycles. The van der Waals surface area contributed by atoms with E-state index in [0.717, 1.165) is 15.8 Å². The third kappa shape index (κ3) is 4.50. The van der Waals surface area contributed by atoms with Crippen LogP contribution in [0.4, 0.5) is 5.69 Å². The molecule has 0 aliphatic carbocycles. The third-order valence-corrected chi connectivity index (χ3v) is 5.10. The minimum Gasteiger partial charge on any atom is -0.479 e. The summed E-state index contributed by atoms with van der Waals surface area (Å²) < 4.78 is 6.53. The van der Waals surface area contributed by atoms with Crippen LogP contribution in [-0.2, 0) is 0 Å². The molecular weight excluding hydrogens is 389 g/mol. The molecule has 0 radical (unpaired) electrons. The van der Waals surface area contributed by atoms with Crippen LogP contribution in [0.3, 0.4) is 0 Å². The zero-order chi connectivity index (χ0) is 18.5. The number of benzene rings is 2. The molecule has 0 saturated heterocycles. The molecule has 3 rings (SSSR count). The van der Waals surface area contributed by atoms with E-state index in [1.807, 2.05) is 36.2 Å². The standard InChI is InChI=1S/C20H15Cl2NO2S/c1-23(17-13-20(24)26-19-7-3-2-6-15(17)19)10-4-5-11-25-18-9-8-14(21)12-16(18)22/h2-3,6-9,12-13H,10-11H2,1H3. The van der Waals surface area contributed by atoms with Gasteiger partial charge >= 0.3 is 0 Å². The lowest BCUT2D eigenvalue weighted by Gasteiger charge is -2.17. The minimum atomic E-state index is 0.0271. The van der Waals surface area contributed by atoms with Gasteiger partial charge in [-0.05, 0) is 24.3 Å². The van der Waals surface area contributed by atoms with Crippen molar-refractivity contribution < 1.29 is 4.74 Å². The topological polar surface area (TPSA) is 29.5 Å². The van der Waals surface area contributed by atoms with E-state index >= 15 is 0 Å². The van der Waals surface area contributed by atoms with Crippen molar-refractivity contribution >= 4 is 50.3 Å². The van der Waals surface area contributed by atoms with E-state index in [-0.39, 0.29) is 11.3 Å². The number of halogens is 2. The van der Waals surface area contributed by atoms with Gasteiger partial charge in [0.25, 0.3) is 0 Å². The molecule has 0 fully saturated rings. The monoisotopic (exact) mass is 403 g/mol. The molecule has 26 heavy (non-hydrogen) atoms. The van der Waals surface area contributed by atoms with E-state index in [0.29, 0.717) is 22.3 Å². The van der Waals surface area contributed by atoms with Gasteiger partial charge in [-0.3, -0.25) is 4.79 Å². The van der Waals surface area contributed by atoms with Crippen molar-refractivity contribution in [2.24, 2.45) is 0 Å². The van der Waals surface area contributed by atoms with Gasteiger partial charge in [0.15, 0.2) is 0 Å². The van der Waals surface area contributed by atoms with Gasteiger partial charge in [-0.25, -0.2) is 0 Å². The Labute approximate surface area is 165 Å². The summed E-state index contributed by atoms with van der Waals surface area (Å²) in [6.45, 7) is 0.704. The molecule has 1 aromatic heterocycles. The average molecular weight is 404 g/mol. The molecule has 0 aliphatic rings. The summed E-state index contributed by atoms with van der Waals surface area (Å²) in [5.41, 5.74) is 0.875. The summed E-state index contributed by atoms with van der Waals surface area (Å²) in [6, 6.07) is 14.6. The molecule has 3 nitrogen and oxygen atoms in total. The quantitative estimate of drug-likeness (QED) is 0.568. The molecule has 0 unspecified atom stereocenters. The maximum absolute atomic E-state index is 11.9. The SMILES string of the molecule is CN(CC#CCOc1ccc(Cl)cc1Cl)c1cc(=O)sc2ccccc12. The highest BCUT2D eigenvalue weighted by Gasteiger charge is 2.07. The summed E-state index contributed by atoms with van der Waals surface area (Å²) in [6.07, 6.45) is 0. The van der Waals surface area contributed by atoms with Crippen LogP contribution in [0.1, 0.15) is 0 Å². The van der Waals surface area contributed by atoms with Gasteiger partial charge in [0, 0.05) is 28.2 Å². The predicted octanol–water partition coefficient (Wildman–Crippen LogP) is 5.09. The second-order valence-corrected chi connectivity index (χ2v) is 7.41. The van der Waals surface area contributed by atoms with Gasteiger partial charge in [0.05, 0.1) is 17.3 Å². The van der Waals surface area contributed by atoms with Crippen molar-refractivity contribution in [3.63, 3.8) is 0 Å². The molecule has 3 aromatic rings. The fourth-order valence-electron chi connectivity index (χ4n) is 2.43. The van der Waals surface area contributed by atoms with Gasteiger partial charge in [-0.1, -0.05) is 64.6 Å². The number of rotatable bonds is 4. The van der Waals surface area contributed by atoms with Crippen molar-refractivity contribution in [1.82, 2.24) is 0 Å². The summed E-state index contributed by atoms with van der Waals surface area (Å²) in [7, 11) is 1.91. The smallest absolute Gasteiger partial charge is 0.234 e. The fourth-order valence-corrected chi connectivity index (χ4v) is 3.71. The largest absolute Gasteiger partial charge is 0.479 e. The van der Waals surface area contributed by atoms with Crippen LogP contribution < -0.4 is 14.4 Å².